The van der Waals surface area contributed by atoms with Crippen molar-refractivity contribution in [3.8, 4) is 10.4 Å². The van der Waals surface area contributed by atoms with Crippen molar-refractivity contribution in [1.82, 2.24) is 4.90 Å². The molecule has 2 unspecified atom stereocenters. The van der Waals surface area contributed by atoms with Gasteiger partial charge >= 0.3 is 5.97 Å². The quantitative estimate of drug-likeness (QED) is 0.916. The van der Waals surface area contributed by atoms with Gasteiger partial charge in [-0.25, -0.2) is 4.39 Å². The van der Waals surface area contributed by atoms with Gasteiger partial charge in [-0.1, -0.05) is 25.1 Å². The van der Waals surface area contributed by atoms with E-state index in [4.69, 9.17) is 0 Å². The van der Waals surface area contributed by atoms with Crippen molar-refractivity contribution >= 4 is 17.3 Å². The largest absolute Gasteiger partial charge is 0.481 e. The average molecular weight is 333 g/mol. The second-order valence-corrected chi connectivity index (χ2v) is 7.48. The normalized spacial score (nSPS) is 22.2. The van der Waals surface area contributed by atoms with E-state index in [-0.39, 0.29) is 11.7 Å². The Morgan fingerprint density at radius 3 is 2.83 bits per heavy atom. The molecular formula is C18H20FNO2S. The molecule has 0 bridgehead atoms. The van der Waals surface area contributed by atoms with Crippen LogP contribution in [0.5, 0.6) is 0 Å². The number of hydrogen-bond donors (Lipinski definition) is 1. The first-order valence-corrected chi connectivity index (χ1v) is 8.63. The Morgan fingerprint density at radius 2 is 2.09 bits per heavy atom. The van der Waals surface area contributed by atoms with E-state index in [9.17, 15) is 14.3 Å². The zero-order chi connectivity index (χ0) is 16.4. The summed E-state index contributed by atoms with van der Waals surface area (Å²) >= 11 is 1.58. The van der Waals surface area contributed by atoms with Crippen LogP contribution in [0.4, 0.5) is 4.39 Å². The van der Waals surface area contributed by atoms with Crippen molar-refractivity contribution in [2.45, 2.75) is 19.9 Å². The number of benzene rings is 1. The van der Waals surface area contributed by atoms with E-state index in [0.717, 1.165) is 29.3 Å². The summed E-state index contributed by atoms with van der Waals surface area (Å²) < 4.78 is 13.9. The van der Waals surface area contributed by atoms with Crippen LogP contribution in [0, 0.1) is 17.7 Å². The van der Waals surface area contributed by atoms with Crippen LogP contribution in [0.25, 0.3) is 10.4 Å². The highest BCUT2D eigenvalue weighted by atomic mass is 32.1. The van der Waals surface area contributed by atoms with Crippen molar-refractivity contribution in [1.29, 1.82) is 0 Å². The molecule has 0 radical (unpaired) electrons. The fourth-order valence-corrected chi connectivity index (χ4v) is 4.34. The van der Waals surface area contributed by atoms with Crippen LogP contribution in [-0.4, -0.2) is 29.1 Å². The number of piperidine rings is 1. The van der Waals surface area contributed by atoms with E-state index in [1.54, 1.807) is 23.5 Å². The number of rotatable bonds is 4. The number of carboxylic acid groups (broad SMARTS) is 1. The van der Waals surface area contributed by atoms with Gasteiger partial charge in [0.05, 0.1) is 5.92 Å². The van der Waals surface area contributed by atoms with Crippen LogP contribution in [0.1, 0.15) is 18.2 Å². The van der Waals surface area contributed by atoms with Crippen molar-refractivity contribution in [3.63, 3.8) is 0 Å². The summed E-state index contributed by atoms with van der Waals surface area (Å²) in [7, 11) is 0. The fraction of sp³-hybridized carbons (Fsp3) is 0.389. The molecule has 3 rings (SSSR count). The number of thiophene rings is 1. The van der Waals surface area contributed by atoms with Gasteiger partial charge in [-0.3, -0.25) is 9.69 Å². The van der Waals surface area contributed by atoms with Gasteiger partial charge in [0.25, 0.3) is 0 Å². The second-order valence-electron chi connectivity index (χ2n) is 6.32. The van der Waals surface area contributed by atoms with E-state index < -0.39 is 5.97 Å². The fourth-order valence-electron chi connectivity index (χ4n) is 3.26. The SMILES string of the molecule is CC1CC(C(=O)O)CN(Cc2ccc(-c3ccccc3F)s2)C1. The van der Waals surface area contributed by atoms with Gasteiger partial charge in [0.1, 0.15) is 5.82 Å². The molecule has 0 aliphatic carbocycles. The summed E-state index contributed by atoms with van der Waals surface area (Å²) in [6.07, 6.45) is 0.747. The smallest absolute Gasteiger partial charge is 0.307 e. The van der Waals surface area contributed by atoms with E-state index in [1.165, 1.54) is 6.07 Å². The van der Waals surface area contributed by atoms with Crippen molar-refractivity contribution in [2.24, 2.45) is 11.8 Å². The zero-order valence-corrected chi connectivity index (χ0v) is 13.9. The van der Waals surface area contributed by atoms with E-state index >= 15 is 0 Å². The van der Waals surface area contributed by atoms with Crippen LogP contribution in [0.15, 0.2) is 36.4 Å². The Morgan fingerprint density at radius 1 is 1.30 bits per heavy atom. The summed E-state index contributed by atoms with van der Waals surface area (Å²) in [4.78, 5) is 15.5. The van der Waals surface area contributed by atoms with Gasteiger partial charge in [-0.05, 0) is 30.5 Å². The van der Waals surface area contributed by atoms with Crippen LogP contribution < -0.4 is 0 Å². The molecule has 2 heterocycles. The first-order chi connectivity index (χ1) is 11.0. The molecule has 1 saturated heterocycles. The number of hydrogen-bond acceptors (Lipinski definition) is 3. The molecule has 122 valence electrons. The zero-order valence-electron chi connectivity index (χ0n) is 13.0. The molecule has 5 heteroatoms. The van der Waals surface area contributed by atoms with Crippen LogP contribution in [0.3, 0.4) is 0 Å². The predicted octanol–water partition coefficient (Wildman–Crippen LogP) is 4.10. The van der Waals surface area contributed by atoms with E-state index in [2.05, 4.69) is 11.8 Å². The number of aliphatic carboxylic acids is 1. The third-order valence-corrected chi connectivity index (χ3v) is 5.37. The Kier molecular flexibility index (Phi) is 4.78. The van der Waals surface area contributed by atoms with Crippen molar-refractivity contribution < 1.29 is 14.3 Å². The Hall–Kier alpha value is -1.72. The second kappa shape index (κ2) is 6.81. The highest BCUT2D eigenvalue weighted by molar-refractivity contribution is 7.15. The molecule has 1 aromatic carbocycles. The molecular weight excluding hydrogens is 313 g/mol. The molecule has 1 aliphatic rings. The number of likely N-dealkylation sites (tertiary alicyclic amines) is 1. The highest BCUT2D eigenvalue weighted by Gasteiger charge is 2.29. The molecule has 0 saturated carbocycles. The minimum Gasteiger partial charge on any atom is -0.481 e. The molecule has 1 N–H and O–H groups in total. The Balaban J connectivity index is 1.72. The van der Waals surface area contributed by atoms with Crippen molar-refractivity contribution in [3.05, 3.63) is 47.1 Å². The summed E-state index contributed by atoms with van der Waals surface area (Å²) in [5, 5.41) is 9.26. The minimum atomic E-state index is -0.709. The average Bonchev–Trinajstić information content (AvgIpc) is 2.95. The third-order valence-electron chi connectivity index (χ3n) is 4.26. The number of halogens is 1. The first kappa shape index (κ1) is 16.1. The van der Waals surface area contributed by atoms with Crippen LogP contribution in [-0.2, 0) is 11.3 Å². The van der Waals surface area contributed by atoms with Crippen LogP contribution >= 0.6 is 11.3 Å². The molecule has 1 aromatic heterocycles. The van der Waals surface area contributed by atoms with E-state index in [0.29, 0.717) is 18.0 Å². The van der Waals surface area contributed by atoms with Gasteiger partial charge in [-0.15, -0.1) is 11.3 Å². The molecule has 1 aliphatic heterocycles. The summed E-state index contributed by atoms with van der Waals surface area (Å²) in [5.41, 5.74) is 0.624. The lowest BCUT2D eigenvalue weighted by Crippen LogP contribution is -2.41. The maximum absolute atomic E-state index is 13.9. The van der Waals surface area contributed by atoms with Crippen molar-refractivity contribution in [2.75, 3.05) is 13.1 Å². The Labute approximate surface area is 139 Å². The number of carboxylic acids is 1. The molecule has 1 fully saturated rings. The number of nitrogens with zero attached hydrogens (tertiary/aromatic N) is 1. The predicted molar refractivity (Wildman–Crippen MR) is 89.9 cm³/mol. The molecule has 3 nitrogen and oxygen atoms in total. The van der Waals surface area contributed by atoms with Crippen LogP contribution in [0.2, 0.25) is 0 Å². The lowest BCUT2D eigenvalue weighted by molar-refractivity contribution is -0.144. The van der Waals surface area contributed by atoms with E-state index in [1.807, 2.05) is 18.2 Å². The maximum atomic E-state index is 13.9. The molecule has 2 aromatic rings. The summed E-state index contributed by atoms with van der Waals surface area (Å²) in [6.45, 7) is 4.33. The lowest BCUT2D eigenvalue weighted by atomic mass is 9.90. The standard InChI is InChI=1S/C18H20FNO2S/c1-12-8-13(18(21)22)10-20(9-12)11-14-6-7-17(23-14)15-4-2-3-5-16(15)19/h2-7,12-13H,8-11H2,1H3,(H,21,22). The molecule has 0 amide bonds. The van der Waals surface area contributed by atoms with Gasteiger partial charge in [0.2, 0.25) is 0 Å². The van der Waals surface area contributed by atoms with Gasteiger partial charge in [-0.2, -0.15) is 0 Å². The van der Waals surface area contributed by atoms with Gasteiger partial charge < -0.3 is 5.11 Å². The minimum absolute atomic E-state index is 0.210. The molecule has 0 spiro atoms. The highest BCUT2D eigenvalue weighted by Crippen LogP contribution is 2.31. The lowest BCUT2D eigenvalue weighted by Gasteiger charge is -2.34. The summed E-state index contributed by atoms with van der Waals surface area (Å²) in [5.74, 6) is -0.821. The maximum Gasteiger partial charge on any atom is 0.307 e. The molecule has 23 heavy (non-hydrogen) atoms. The Bertz CT molecular complexity index is 700. The van der Waals surface area contributed by atoms with Gasteiger partial charge in [0, 0.05) is 35.0 Å². The first-order valence-electron chi connectivity index (χ1n) is 7.81. The topological polar surface area (TPSA) is 40.5 Å². The van der Waals surface area contributed by atoms with Gasteiger partial charge in [0.15, 0.2) is 0 Å². The summed E-state index contributed by atoms with van der Waals surface area (Å²) in [6, 6.07) is 10.7. The number of carbonyl (C=O) groups is 1. The monoisotopic (exact) mass is 333 g/mol. The third kappa shape index (κ3) is 3.79. The molecule has 2 atom stereocenters.